The van der Waals surface area contributed by atoms with E-state index in [-0.39, 0.29) is 13.2 Å². The number of nitrogens with two attached hydrogens (primary N) is 4. The van der Waals surface area contributed by atoms with E-state index in [2.05, 4.69) is 9.44 Å². The van der Waals surface area contributed by atoms with Crippen molar-refractivity contribution in [2.24, 2.45) is 0 Å². The fraction of sp³-hybridized carbons (Fsp3) is 0.333. The molecule has 172 valence electrons. The molecular formula is C18H28N6O5S2. The van der Waals surface area contributed by atoms with Gasteiger partial charge in [-0.15, -0.1) is 0 Å². The quantitative estimate of drug-likeness (QED) is 0.255. The molecule has 0 amide bonds. The van der Waals surface area contributed by atoms with Gasteiger partial charge in [-0.3, -0.25) is 0 Å². The van der Waals surface area contributed by atoms with Crippen LogP contribution in [0.4, 0.5) is 22.7 Å². The van der Waals surface area contributed by atoms with E-state index in [0.717, 1.165) is 12.5 Å². The zero-order valence-corrected chi connectivity index (χ0v) is 18.8. The second kappa shape index (κ2) is 9.70. The van der Waals surface area contributed by atoms with Crippen LogP contribution in [0.1, 0.15) is 23.2 Å². The number of benzene rings is 2. The van der Waals surface area contributed by atoms with Crippen molar-refractivity contribution in [2.45, 2.75) is 12.1 Å². The van der Waals surface area contributed by atoms with Crippen LogP contribution in [0.3, 0.4) is 0 Å². The van der Waals surface area contributed by atoms with Gasteiger partial charge >= 0.3 is 0 Å². The summed E-state index contributed by atoms with van der Waals surface area (Å²) >= 11 is 0. The number of hydrogen-bond acceptors (Lipinski definition) is 9. The second-order valence-electron chi connectivity index (χ2n) is 7.20. The van der Waals surface area contributed by atoms with E-state index in [4.69, 9.17) is 27.7 Å². The van der Waals surface area contributed by atoms with Crippen LogP contribution in [0.5, 0.6) is 0 Å². The molecular weight excluding hydrogens is 444 g/mol. The molecule has 2 unspecified atom stereocenters. The number of nitrogen functional groups attached to an aromatic ring is 4. The molecule has 2 rings (SSSR count). The van der Waals surface area contributed by atoms with Crippen LogP contribution in [0, 0.1) is 0 Å². The number of ether oxygens (including phenoxy) is 1. The summed E-state index contributed by atoms with van der Waals surface area (Å²) in [5, 5.41) is 0. The van der Waals surface area contributed by atoms with E-state index in [0.29, 0.717) is 33.9 Å². The molecule has 2 atom stereocenters. The average molecular weight is 473 g/mol. The van der Waals surface area contributed by atoms with Crippen molar-refractivity contribution < 1.29 is 21.6 Å². The van der Waals surface area contributed by atoms with Gasteiger partial charge in [-0.2, -0.15) is 0 Å². The van der Waals surface area contributed by atoms with Crippen LogP contribution in [-0.4, -0.2) is 42.6 Å². The molecule has 0 bridgehead atoms. The number of nitrogens with one attached hydrogen (secondary N) is 2. The van der Waals surface area contributed by atoms with Crippen molar-refractivity contribution in [2.75, 3.05) is 48.7 Å². The molecule has 0 radical (unpaired) electrons. The summed E-state index contributed by atoms with van der Waals surface area (Å²) in [5.74, 6) is 0. The van der Waals surface area contributed by atoms with Crippen LogP contribution < -0.4 is 32.4 Å². The summed E-state index contributed by atoms with van der Waals surface area (Å²) < 4.78 is 57.9. The summed E-state index contributed by atoms with van der Waals surface area (Å²) in [4.78, 5) is 0. The van der Waals surface area contributed by atoms with E-state index < -0.39 is 32.1 Å². The Morgan fingerprint density at radius 1 is 0.742 bits per heavy atom. The Hall–Kier alpha value is -2.58. The summed E-state index contributed by atoms with van der Waals surface area (Å²) in [6.45, 7) is -0.254. The largest absolute Gasteiger partial charge is 0.399 e. The van der Waals surface area contributed by atoms with Crippen LogP contribution >= 0.6 is 0 Å². The van der Waals surface area contributed by atoms with E-state index in [1.165, 1.54) is 12.1 Å². The van der Waals surface area contributed by atoms with Gasteiger partial charge in [0, 0.05) is 22.7 Å². The molecule has 11 nitrogen and oxygen atoms in total. The zero-order chi connectivity index (χ0) is 23.4. The fourth-order valence-corrected chi connectivity index (χ4v) is 4.44. The normalized spacial score (nSPS) is 14.3. The Bertz CT molecular complexity index is 1050. The monoisotopic (exact) mass is 472 g/mol. The number of anilines is 4. The fourth-order valence-electron chi connectivity index (χ4n) is 3.02. The molecule has 0 aromatic heterocycles. The molecule has 2 aromatic rings. The average Bonchev–Trinajstić information content (AvgIpc) is 2.58. The summed E-state index contributed by atoms with van der Waals surface area (Å²) in [6, 6.07) is 7.75. The van der Waals surface area contributed by atoms with Gasteiger partial charge in [0.2, 0.25) is 20.0 Å². The van der Waals surface area contributed by atoms with Crippen molar-refractivity contribution in [3.63, 3.8) is 0 Å². The van der Waals surface area contributed by atoms with E-state index in [1.54, 1.807) is 24.3 Å². The lowest BCUT2D eigenvalue weighted by molar-refractivity contribution is 0.102. The molecule has 10 N–H and O–H groups in total. The Balaban J connectivity index is 2.24. The van der Waals surface area contributed by atoms with E-state index >= 15 is 0 Å². The first-order valence-electron chi connectivity index (χ1n) is 9.07. The van der Waals surface area contributed by atoms with Crippen LogP contribution in [0.2, 0.25) is 0 Å². The molecule has 31 heavy (non-hydrogen) atoms. The molecule has 0 saturated heterocycles. The van der Waals surface area contributed by atoms with Crippen molar-refractivity contribution >= 4 is 42.8 Å². The van der Waals surface area contributed by atoms with Gasteiger partial charge in [0.25, 0.3) is 0 Å². The highest BCUT2D eigenvalue weighted by Crippen LogP contribution is 2.26. The number of hydrogen-bond donors (Lipinski definition) is 6. The Kier molecular flexibility index (Phi) is 7.72. The van der Waals surface area contributed by atoms with Crippen molar-refractivity contribution in [1.29, 1.82) is 0 Å². The minimum absolute atomic E-state index is 0.127. The molecule has 0 aliphatic rings. The minimum Gasteiger partial charge on any atom is -0.399 e. The summed E-state index contributed by atoms with van der Waals surface area (Å²) in [7, 11) is -7.21. The molecule has 2 aromatic carbocycles. The van der Waals surface area contributed by atoms with Gasteiger partial charge in [0.1, 0.15) is 0 Å². The second-order valence-corrected chi connectivity index (χ2v) is 10.8. The van der Waals surface area contributed by atoms with Crippen molar-refractivity contribution in [1.82, 2.24) is 9.44 Å². The van der Waals surface area contributed by atoms with Crippen LogP contribution in [-0.2, 0) is 24.8 Å². The zero-order valence-electron chi connectivity index (χ0n) is 17.2. The maximum atomic E-state index is 11.8. The topological polar surface area (TPSA) is 206 Å². The van der Waals surface area contributed by atoms with Gasteiger partial charge in [-0.05, 0) is 35.4 Å². The number of rotatable bonds is 10. The molecule has 0 fully saturated rings. The standard InChI is InChI=1S/C18H28N6O5S2/c1-30(25,26)23-17(13-5-3-11(19)7-15(13)21)9-29-10-18(24-31(2,27)28)14-6-4-12(20)8-16(14)22/h3-8,17-18,23-24H,9-10,19-22H2,1-2H3. The predicted molar refractivity (Wildman–Crippen MR) is 123 cm³/mol. The van der Waals surface area contributed by atoms with E-state index in [9.17, 15) is 16.8 Å². The first kappa shape index (κ1) is 24.7. The molecule has 0 aliphatic heterocycles. The maximum absolute atomic E-state index is 11.8. The third kappa shape index (κ3) is 7.88. The van der Waals surface area contributed by atoms with Gasteiger partial charge in [-0.1, -0.05) is 12.1 Å². The maximum Gasteiger partial charge on any atom is 0.209 e. The third-order valence-electron chi connectivity index (χ3n) is 4.25. The lowest BCUT2D eigenvalue weighted by Crippen LogP contribution is -2.34. The van der Waals surface area contributed by atoms with Gasteiger partial charge < -0.3 is 27.7 Å². The van der Waals surface area contributed by atoms with Gasteiger partial charge in [0.15, 0.2) is 0 Å². The summed E-state index contributed by atoms with van der Waals surface area (Å²) in [5.41, 5.74) is 25.8. The lowest BCUT2D eigenvalue weighted by atomic mass is 10.0. The van der Waals surface area contributed by atoms with Crippen LogP contribution in [0.15, 0.2) is 36.4 Å². The first-order valence-corrected chi connectivity index (χ1v) is 12.9. The highest BCUT2D eigenvalue weighted by atomic mass is 32.2. The highest BCUT2D eigenvalue weighted by molar-refractivity contribution is 7.89. The Labute approximate surface area is 182 Å². The minimum atomic E-state index is -3.60. The molecule has 0 aliphatic carbocycles. The molecule has 0 saturated carbocycles. The van der Waals surface area contributed by atoms with Gasteiger partial charge in [0.05, 0.1) is 37.8 Å². The first-order chi connectivity index (χ1) is 14.2. The molecule has 13 heteroatoms. The summed E-state index contributed by atoms with van der Waals surface area (Å²) in [6.07, 6.45) is 2.02. The van der Waals surface area contributed by atoms with E-state index in [1.807, 2.05) is 0 Å². The van der Waals surface area contributed by atoms with Crippen LogP contribution in [0.25, 0.3) is 0 Å². The Morgan fingerprint density at radius 3 is 1.39 bits per heavy atom. The highest BCUT2D eigenvalue weighted by Gasteiger charge is 2.22. The molecule has 0 spiro atoms. The third-order valence-corrected chi connectivity index (χ3v) is 5.68. The SMILES string of the molecule is CS(=O)(=O)NC(COCC(NS(C)(=O)=O)c1ccc(N)cc1N)c1ccc(N)cc1N. The predicted octanol–water partition coefficient (Wildman–Crippen LogP) is -0.0872. The molecule has 0 heterocycles. The van der Waals surface area contributed by atoms with Crippen molar-refractivity contribution in [3.05, 3.63) is 47.5 Å². The van der Waals surface area contributed by atoms with Gasteiger partial charge in [-0.25, -0.2) is 26.3 Å². The lowest BCUT2D eigenvalue weighted by Gasteiger charge is -2.23. The smallest absolute Gasteiger partial charge is 0.209 e. The Morgan fingerprint density at radius 2 is 1.10 bits per heavy atom. The van der Waals surface area contributed by atoms with Crippen molar-refractivity contribution in [3.8, 4) is 0 Å². The number of sulfonamides is 2.